The molecule has 0 aliphatic heterocycles. The molecule has 0 atom stereocenters. The van der Waals surface area contributed by atoms with Crippen molar-refractivity contribution < 1.29 is 19.1 Å². The molecule has 5 heteroatoms. The molecule has 3 aromatic rings. The van der Waals surface area contributed by atoms with Crippen LogP contribution in [0.15, 0.2) is 54.6 Å². The molecule has 0 saturated heterocycles. The van der Waals surface area contributed by atoms with Gasteiger partial charge in [-0.3, -0.25) is 9.78 Å². The minimum atomic E-state index is -0.423. The molecule has 0 radical (unpaired) electrons. The van der Waals surface area contributed by atoms with Gasteiger partial charge in [0.15, 0.2) is 0 Å². The molecule has 5 nitrogen and oxygen atoms in total. The number of carbonyl (C=O) groups is 2. The number of nitrogens with zero attached hydrogens (tertiary/aromatic N) is 1. The normalized spacial score (nSPS) is 10.7. The number of carbonyl (C=O) groups excluding carboxylic acids is 2. The molecule has 0 aliphatic rings. The molecule has 0 saturated carbocycles. The average molecular weight is 460 g/mol. The van der Waals surface area contributed by atoms with Crippen molar-refractivity contribution in [3.8, 4) is 11.1 Å². The fourth-order valence-electron chi connectivity index (χ4n) is 3.90. The number of pyridine rings is 1. The zero-order valence-electron chi connectivity index (χ0n) is 20.5. The third kappa shape index (κ3) is 6.53. The van der Waals surface area contributed by atoms with Crippen LogP contribution in [0.2, 0.25) is 0 Å². The van der Waals surface area contributed by atoms with Crippen LogP contribution >= 0.6 is 0 Å². The molecular formula is C29H33NO4. The summed E-state index contributed by atoms with van der Waals surface area (Å²) in [5, 5.41) is 0. The summed E-state index contributed by atoms with van der Waals surface area (Å²) in [7, 11) is 0. The van der Waals surface area contributed by atoms with Crippen LogP contribution < -0.4 is 0 Å². The zero-order valence-corrected chi connectivity index (χ0v) is 20.5. The molecule has 0 fully saturated rings. The lowest BCUT2D eigenvalue weighted by Crippen LogP contribution is -2.13. The first-order chi connectivity index (χ1) is 16.4. The van der Waals surface area contributed by atoms with E-state index in [-0.39, 0.29) is 19.0 Å². The predicted molar refractivity (Wildman–Crippen MR) is 134 cm³/mol. The van der Waals surface area contributed by atoms with Gasteiger partial charge in [-0.05, 0) is 61.9 Å². The molecule has 34 heavy (non-hydrogen) atoms. The second kappa shape index (κ2) is 12.1. The maximum Gasteiger partial charge on any atom is 0.340 e. The van der Waals surface area contributed by atoms with Gasteiger partial charge in [-0.25, -0.2) is 4.79 Å². The molecule has 178 valence electrons. The zero-order chi connectivity index (χ0) is 24.5. The summed E-state index contributed by atoms with van der Waals surface area (Å²) in [5.74, 6) is -0.723. The number of unbranched alkanes of at least 4 members (excludes halogenated alkanes) is 1. The maximum atomic E-state index is 13.3. The molecule has 0 N–H and O–H groups in total. The Labute approximate surface area is 202 Å². The molecule has 2 aromatic carbocycles. The number of benzene rings is 2. The first-order valence-corrected chi connectivity index (χ1v) is 11.9. The largest absolute Gasteiger partial charge is 0.466 e. The number of rotatable bonds is 10. The molecule has 0 unspecified atom stereocenters. The van der Waals surface area contributed by atoms with Crippen LogP contribution in [-0.4, -0.2) is 23.5 Å². The van der Waals surface area contributed by atoms with Gasteiger partial charge in [0.25, 0.3) is 0 Å². The Morgan fingerprint density at radius 2 is 1.62 bits per heavy atom. The lowest BCUT2D eigenvalue weighted by molar-refractivity contribution is -0.142. The van der Waals surface area contributed by atoms with Gasteiger partial charge < -0.3 is 9.47 Å². The van der Waals surface area contributed by atoms with Crippen molar-refractivity contribution in [3.63, 3.8) is 0 Å². The van der Waals surface area contributed by atoms with Crippen LogP contribution in [0.25, 0.3) is 11.1 Å². The molecule has 0 spiro atoms. The SMILES string of the molecule is CCCCc1cc(-c2ccc(C)cc2)c(C(=O)OCc2ccccc2CC(=O)OCC)c(C)n1. The van der Waals surface area contributed by atoms with E-state index in [4.69, 9.17) is 14.5 Å². The number of ether oxygens (including phenoxy) is 2. The molecule has 0 aliphatic carbocycles. The Morgan fingerprint density at radius 3 is 2.29 bits per heavy atom. The summed E-state index contributed by atoms with van der Waals surface area (Å²) in [5.41, 5.74) is 6.64. The molecule has 1 aromatic heterocycles. The third-order valence-corrected chi connectivity index (χ3v) is 5.72. The quantitative estimate of drug-likeness (QED) is 0.339. The van der Waals surface area contributed by atoms with Crippen LogP contribution in [-0.2, 0) is 33.7 Å². The first-order valence-electron chi connectivity index (χ1n) is 11.9. The Balaban J connectivity index is 1.89. The van der Waals surface area contributed by atoms with Crippen molar-refractivity contribution in [2.75, 3.05) is 6.61 Å². The number of hydrogen-bond donors (Lipinski definition) is 0. The van der Waals surface area contributed by atoms with Crippen molar-refractivity contribution in [1.29, 1.82) is 0 Å². The molecule has 1 heterocycles. The van der Waals surface area contributed by atoms with E-state index in [1.54, 1.807) is 6.92 Å². The van der Waals surface area contributed by atoms with Crippen LogP contribution in [0, 0.1) is 13.8 Å². The van der Waals surface area contributed by atoms with E-state index >= 15 is 0 Å². The van der Waals surface area contributed by atoms with Gasteiger partial charge >= 0.3 is 11.9 Å². The van der Waals surface area contributed by atoms with E-state index in [1.165, 1.54) is 0 Å². The van der Waals surface area contributed by atoms with E-state index < -0.39 is 5.97 Å². The van der Waals surface area contributed by atoms with Crippen molar-refractivity contribution in [3.05, 3.63) is 88.2 Å². The van der Waals surface area contributed by atoms with Crippen LogP contribution in [0.5, 0.6) is 0 Å². The van der Waals surface area contributed by atoms with Crippen LogP contribution in [0.1, 0.15) is 65.1 Å². The minimum absolute atomic E-state index is 0.0682. The van der Waals surface area contributed by atoms with E-state index in [0.717, 1.165) is 52.8 Å². The topological polar surface area (TPSA) is 65.5 Å². The van der Waals surface area contributed by atoms with Gasteiger partial charge in [0.1, 0.15) is 6.61 Å². The number of hydrogen-bond acceptors (Lipinski definition) is 5. The summed E-state index contributed by atoms with van der Waals surface area (Å²) in [4.78, 5) is 30.0. The van der Waals surface area contributed by atoms with Gasteiger partial charge in [0.05, 0.1) is 24.3 Å². The van der Waals surface area contributed by atoms with Crippen LogP contribution in [0.4, 0.5) is 0 Å². The van der Waals surface area contributed by atoms with Gasteiger partial charge in [-0.1, -0.05) is 67.4 Å². The van der Waals surface area contributed by atoms with Gasteiger partial charge in [-0.15, -0.1) is 0 Å². The number of esters is 2. The lowest BCUT2D eigenvalue weighted by Gasteiger charge is -2.15. The standard InChI is InChI=1S/C29H33NO4/c1-5-7-12-25-18-26(22-15-13-20(3)14-16-22)28(21(4)30-25)29(32)34-19-24-11-9-8-10-23(24)17-27(31)33-6-2/h8-11,13-16,18H,5-7,12,17,19H2,1-4H3. The van der Waals surface area contributed by atoms with Crippen molar-refractivity contribution in [1.82, 2.24) is 4.98 Å². The van der Waals surface area contributed by atoms with Gasteiger partial charge in [0.2, 0.25) is 0 Å². The van der Waals surface area contributed by atoms with Crippen LogP contribution in [0.3, 0.4) is 0 Å². The Bertz CT molecular complexity index is 1140. The highest BCUT2D eigenvalue weighted by Gasteiger charge is 2.20. The second-order valence-electron chi connectivity index (χ2n) is 8.42. The monoisotopic (exact) mass is 459 g/mol. The summed E-state index contributed by atoms with van der Waals surface area (Å²) < 4.78 is 10.8. The smallest absolute Gasteiger partial charge is 0.340 e. The fraction of sp³-hybridized carbons (Fsp3) is 0.345. The molecule has 0 amide bonds. The third-order valence-electron chi connectivity index (χ3n) is 5.72. The highest BCUT2D eigenvalue weighted by Crippen LogP contribution is 2.28. The van der Waals surface area contributed by atoms with E-state index in [0.29, 0.717) is 17.9 Å². The fourth-order valence-corrected chi connectivity index (χ4v) is 3.90. The van der Waals surface area contributed by atoms with E-state index in [9.17, 15) is 9.59 Å². The average Bonchev–Trinajstić information content (AvgIpc) is 2.82. The van der Waals surface area contributed by atoms with Crippen molar-refractivity contribution in [2.24, 2.45) is 0 Å². The number of aromatic nitrogens is 1. The lowest BCUT2D eigenvalue weighted by atomic mass is 9.96. The highest BCUT2D eigenvalue weighted by atomic mass is 16.5. The van der Waals surface area contributed by atoms with Crippen molar-refractivity contribution in [2.45, 2.75) is 60.0 Å². The Morgan fingerprint density at radius 1 is 0.912 bits per heavy atom. The predicted octanol–water partition coefficient (Wildman–Crippen LogP) is 6.17. The van der Waals surface area contributed by atoms with Gasteiger partial charge in [0, 0.05) is 5.69 Å². The summed E-state index contributed by atoms with van der Waals surface area (Å²) in [6.07, 6.45) is 3.13. The van der Waals surface area contributed by atoms with E-state index in [2.05, 4.69) is 6.92 Å². The summed E-state index contributed by atoms with van der Waals surface area (Å²) in [6.45, 7) is 8.23. The summed E-state index contributed by atoms with van der Waals surface area (Å²) in [6, 6.07) is 17.6. The van der Waals surface area contributed by atoms with Crippen molar-refractivity contribution >= 4 is 11.9 Å². The Kier molecular flexibility index (Phi) is 8.97. The Hall–Kier alpha value is -3.47. The first kappa shape index (κ1) is 25.2. The maximum absolute atomic E-state index is 13.3. The van der Waals surface area contributed by atoms with E-state index in [1.807, 2.05) is 68.4 Å². The molecule has 3 rings (SSSR count). The van der Waals surface area contributed by atoms with Gasteiger partial charge in [-0.2, -0.15) is 0 Å². The molecular weight excluding hydrogens is 426 g/mol. The molecule has 0 bridgehead atoms. The second-order valence-corrected chi connectivity index (χ2v) is 8.42. The minimum Gasteiger partial charge on any atom is -0.466 e. The number of aryl methyl sites for hydroxylation is 3. The summed E-state index contributed by atoms with van der Waals surface area (Å²) >= 11 is 0. The highest BCUT2D eigenvalue weighted by molar-refractivity contribution is 5.98.